The predicted octanol–water partition coefficient (Wildman–Crippen LogP) is 1.34. The number of nitrogens with one attached hydrogen (secondary N) is 2. The number of nitrogens with zero attached hydrogens (tertiary/aromatic N) is 6. The Morgan fingerprint density at radius 2 is 2.17 bits per heavy atom. The van der Waals surface area contributed by atoms with Crippen LogP contribution in [0.15, 0.2) is 18.6 Å². The van der Waals surface area contributed by atoms with Gasteiger partial charge in [-0.15, -0.1) is 0 Å². The van der Waals surface area contributed by atoms with Gasteiger partial charge in [-0.05, 0) is 27.2 Å². The van der Waals surface area contributed by atoms with Crippen molar-refractivity contribution in [3.63, 3.8) is 0 Å². The van der Waals surface area contributed by atoms with Gasteiger partial charge in [0.05, 0.1) is 24.2 Å². The average molecular weight is 408 g/mol. The van der Waals surface area contributed by atoms with E-state index >= 15 is 0 Å². The van der Waals surface area contributed by atoms with E-state index in [1.54, 1.807) is 6.20 Å². The van der Waals surface area contributed by atoms with E-state index in [0.717, 1.165) is 36.5 Å². The van der Waals surface area contributed by atoms with Crippen LogP contribution in [0, 0.1) is 13.8 Å². The number of carbonyl (C=O) groups excluding carboxylic acids is 1. The van der Waals surface area contributed by atoms with Gasteiger partial charge in [0.25, 0.3) is 5.91 Å². The number of aryl methyl sites for hydroxylation is 2. The van der Waals surface area contributed by atoms with E-state index < -0.39 is 0 Å². The van der Waals surface area contributed by atoms with Crippen molar-refractivity contribution >= 4 is 23.3 Å². The van der Waals surface area contributed by atoms with Gasteiger partial charge in [0.15, 0.2) is 5.65 Å². The molecule has 1 aliphatic carbocycles. The van der Waals surface area contributed by atoms with Gasteiger partial charge in [0, 0.05) is 37.6 Å². The molecule has 2 aliphatic rings. The molecule has 2 N–H and O–H groups in total. The molecule has 10 nitrogen and oxygen atoms in total. The number of imidazole rings is 1. The highest BCUT2D eigenvalue weighted by Crippen LogP contribution is 2.33. The molecule has 1 amide bonds. The fraction of sp³-hybridized carbons (Fsp3) is 0.450. The molecule has 0 radical (unpaired) electrons. The zero-order chi connectivity index (χ0) is 20.8. The highest BCUT2D eigenvalue weighted by molar-refractivity contribution is 6.05. The topological polar surface area (TPSA) is 110 Å². The molecule has 0 spiro atoms. The lowest BCUT2D eigenvalue weighted by atomic mass is 10.3. The Morgan fingerprint density at radius 3 is 3.00 bits per heavy atom. The molecule has 4 heterocycles. The van der Waals surface area contributed by atoms with Crippen LogP contribution in [0.4, 0.5) is 11.8 Å². The monoisotopic (exact) mass is 408 g/mol. The molecule has 2 unspecified atom stereocenters. The number of hydrogen-bond acceptors (Lipinski definition) is 8. The quantitative estimate of drug-likeness (QED) is 0.651. The first kappa shape index (κ1) is 18.7. The smallest absolute Gasteiger partial charge is 0.263 e. The number of piperazine rings is 1. The first-order chi connectivity index (χ1) is 14.5. The fourth-order valence-electron chi connectivity index (χ4n) is 3.95. The zero-order valence-corrected chi connectivity index (χ0v) is 17.2. The van der Waals surface area contributed by atoms with Gasteiger partial charge in [-0.1, -0.05) is 0 Å². The molecule has 156 valence electrons. The highest BCUT2D eigenvalue weighted by Gasteiger charge is 2.45. The van der Waals surface area contributed by atoms with Crippen LogP contribution in [0.25, 0.3) is 5.65 Å². The van der Waals surface area contributed by atoms with E-state index in [0.29, 0.717) is 30.5 Å². The molecule has 1 saturated heterocycles. The van der Waals surface area contributed by atoms with E-state index in [-0.39, 0.29) is 17.4 Å². The summed E-state index contributed by atoms with van der Waals surface area (Å²) >= 11 is 0. The number of ether oxygens (including phenoxy) is 1. The van der Waals surface area contributed by atoms with Crippen molar-refractivity contribution in [3.05, 3.63) is 35.5 Å². The number of anilines is 2. The second-order valence-electron chi connectivity index (χ2n) is 7.66. The van der Waals surface area contributed by atoms with Crippen LogP contribution in [-0.4, -0.2) is 62.0 Å². The molecular weight excluding hydrogens is 384 g/mol. The minimum Gasteiger partial charge on any atom is -0.477 e. The van der Waals surface area contributed by atoms with Crippen molar-refractivity contribution in [3.8, 4) is 5.88 Å². The summed E-state index contributed by atoms with van der Waals surface area (Å²) in [6.07, 6.45) is 6.26. The van der Waals surface area contributed by atoms with Gasteiger partial charge in [0.1, 0.15) is 11.4 Å². The summed E-state index contributed by atoms with van der Waals surface area (Å²) in [6, 6.07) is 0.933. The van der Waals surface area contributed by atoms with Gasteiger partial charge < -0.3 is 24.7 Å². The zero-order valence-electron chi connectivity index (χ0n) is 17.2. The Kier molecular flexibility index (Phi) is 4.50. The lowest BCUT2D eigenvalue weighted by Crippen LogP contribution is -2.44. The van der Waals surface area contributed by atoms with E-state index in [2.05, 4.69) is 35.5 Å². The lowest BCUT2D eigenvalue weighted by molar-refractivity contribution is 0.102. The maximum Gasteiger partial charge on any atom is 0.263 e. The molecule has 5 rings (SSSR count). The summed E-state index contributed by atoms with van der Waals surface area (Å²) in [5, 5.41) is 6.30. The van der Waals surface area contributed by atoms with E-state index in [1.807, 2.05) is 31.4 Å². The minimum absolute atomic E-state index is 0.282. The summed E-state index contributed by atoms with van der Waals surface area (Å²) in [4.78, 5) is 33.1. The molecular formula is C20H24N8O2. The van der Waals surface area contributed by atoms with Crippen LogP contribution < -0.4 is 20.3 Å². The normalized spacial score (nSPS) is 20.2. The van der Waals surface area contributed by atoms with Gasteiger partial charge >= 0.3 is 0 Å². The Labute approximate surface area is 173 Å². The number of amides is 1. The Morgan fingerprint density at radius 1 is 1.30 bits per heavy atom. The summed E-state index contributed by atoms with van der Waals surface area (Å²) < 4.78 is 7.54. The maximum absolute atomic E-state index is 13.0. The summed E-state index contributed by atoms with van der Waals surface area (Å²) in [6.45, 7) is 7.79. The molecule has 3 aromatic heterocycles. The van der Waals surface area contributed by atoms with Crippen LogP contribution in [-0.2, 0) is 0 Å². The number of hydrogen-bond donors (Lipinski definition) is 2. The van der Waals surface area contributed by atoms with Crippen molar-refractivity contribution < 1.29 is 9.53 Å². The maximum atomic E-state index is 13.0. The van der Waals surface area contributed by atoms with Crippen molar-refractivity contribution in [1.29, 1.82) is 0 Å². The SMILES string of the molecule is CCOc1nc(N2CCNC3CC32)ncc1C(=O)Nc1cn2cc(C)nc2c(C)n1. The molecule has 3 aromatic rings. The molecule has 1 aliphatic heterocycles. The van der Waals surface area contributed by atoms with Crippen molar-refractivity contribution in [2.45, 2.75) is 39.3 Å². The van der Waals surface area contributed by atoms with Crippen LogP contribution in [0.2, 0.25) is 0 Å². The van der Waals surface area contributed by atoms with Crippen molar-refractivity contribution in [2.75, 3.05) is 29.9 Å². The van der Waals surface area contributed by atoms with E-state index in [9.17, 15) is 4.79 Å². The number of carbonyl (C=O) groups is 1. The second-order valence-corrected chi connectivity index (χ2v) is 7.66. The van der Waals surface area contributed by atoms with Crippen molar-refractivity contribution in [1.82, 2.24) is 29.7 Å². The fourth-order valence-corrected chi connectivity index (χ4v) is 3.95. The number of rotatable bonds is 5. The second kappa shape index (κ2) is 7.21. The third kappa shape index (κ3) is 3.32. The summed E-state index contributed by atoms with van der Waals surface area (Å²) in [7, 11) is 0. The Balaban J connectivity index is 1.42. The minimum atomic E-state index is -0.363. The third-order valence-corrected chi connectivity index (χ3v) is 5.41. The van der Waals surface area contributed by atoms with Crippen molar-refractivity contribution in [2.24, 2.45) is 0 Å². The Bertz CT molecular complexity index is 1130. The van der Waals surface area contributed by atoms with Gasteiger partial charge in [-0.2, -0.15) is 4.98 Å². The van der Waals surface area contributed by atoms with Crippen LogP contribution >= 0.6 is 0 Å². The molecule has 0 aromatic carbocycles. The number of fused-ring (bicyclic) bond motifs is 2. The lowest BCUT2D eigenvalue weighted by Gasteiger charge is -2.27. The summed E-state index contributed by atoms with van der Waals surface area (Å²) in [5.41, 5.74) is 2.67. The largest absolute Gasteiger partial charge is 0.477 e. The van der Waals surface area contributed by atoms with Gasteiger partial charge in [0.2, 0.25) is 11.8 Å². The molecule has 10 heteroatoms. The standard InChI is InChI=1S/C20H24N8O2/c1-4-30-19-13(8-22-20(26-19)28-6-5-21-14-7-15(14)28)18(29)25-16-10-27-9-11(2)23-17(27)12(3)24-16/h8-10,14-15,21H,4-7H2,1-3H3,(H,25,29). The molecule has 0 bridgehead atoms. The number of aromatic nitrogens is 5. The van der Waals surface area contributed by atoms with Crippen LogP contribution in [0.1, 0.15) is 35.1 Å². The molecule has 2 fully saturated rings. The Hall–Kier alpha value is -3.27. The van der Waals surface area contributed by atoms with E-state index in [1.165, 1.54) is 6.20 Å². The van der Waals surface area contributed by atoms with Crippen LogP contribution in [0.5, 0.6) is 5.88 Å². The first-order valence-electron chi connectivity index (χ1n) is 10.2. The summed E-state index contributed by atoms with van der Waals surface area (Å²) in [5.74, 6) is 0.954. The van der Waals surface area contributed by atoms with Gasteiger partial charge in [-0.25, -0.2) is 15.0 Å². The highest BCUT2D eigenvalue weighted by atomic mass is 16.5. The third-order valence-electron chi connectivity index (χ3n) is 5.41. The van der Waals surface area contributed by atoms with Crippen LogP contribution in [0.3, 0.4) is 0 Å². The average Bonchev–Trinajstić information content (AvgIpc) is 3.42. The predicted molar refractivity (Wildman–Crippen MR) is 111 cm³/mol. The molecule has 1 saturated carbocycles. The van der Waals surface area contributed by atoms with Gasteiger partial charge in [-0.3, -0.25) is 4.79 Å². The first-order valence-corrected chi connectivity index (χ1v) is 10.2. The van der Waals surface area contributed by atoms with E-state index in [4.69, 9.17) is 4.74 Å². The molecule has 30 heavy (non-hydrogen) atoms. The molecule has 2 atom stereocenters.